The molecule has 0 fully saturated rings. The van der Waals surface area contributed by atoms with Crippen LogP contribution in [0.5, 0.6) is 0 Å². The average molecular weight is 568 g/mol. The van der Waals surface area contributed by atoms with Crippen LogP contribution < -0.4 is 15.9 Å². The van der Waals surface area contributed by atoms with Gasteiger partial charge >= 0.3 is 12.4 Å². The van der Waals surface area contributed by atoms with Gasteiger partial charge in [0.15, 0.2) is 0 Å². The van der Waals surface area contributed by atoms with Crippen LogP contribution in [0.2, 0.25) is 0 Å². The van der Waals surface area contributed by atoms with Gasteiger partial charge < -0.3 is 4.74 Å². The first-order valence-corrected chi connectivity index (χ1v) is 13.0. The smallest absolute Gasteiger partial charge is 0.416 e. The zero-order chi connectivity index (χ0) is 28.8. The maximum absolute atomic E-state index is 13.2. The lowest BCUT2D eigenvalue weighted by molar-refractivity contribution is -0.384. The van der Waals surface area contributed by atoms with Gasteiger partial charge in [-0.3, -0.25) is 10.1 Å². The van der Waals surface area contributed by atoms with Crippen LogP contribution in [0, 0.1) is 15.5 Å². The highest BCUT2D eigenvalue weighted by Gasteiger charge is 2.35. The van der Waals surface area contributed by atoms with Gasteiger partial charge in [-0.1, -0.05) is 45.0 Å². The maximum atomic E-state index is 13.2. The van der Waals surface area contributed by atoms with E-state index < -0.39 is 36.3 Å². The molecular formula is C27H23F6N2O3P. The molecule has 5 nitrogen and oxygen atoms in total. The van der Waals surface area contributed by atoms with Crippen molar-refractivity contribution in [3.63, 3.8) is 0 Å². The summed E-state index contributed by atoms with van der Waals surface area (Å²) in [5, 5.41) is 12.8. The van der Waals surface area contributed by atoms with Crippen LogP contribution in [0.1, 0.15) is 37.5 Å². The van der Waals surface area contributed by atoms with Crippen molar-refractivity contribution in [2.75, 3.05) is 6.61 Å². The van der Waals surface area contributed by atoms with E-state index >= 15 is 0 Å². The lowest BCUT2D eigenvalue weighted by Crippen LogP contribution is -2.26. The predicted octanol–water partition coefficient (Wildman–Crippen LogP) is 6.58. The number of aliphatic imine (C=N–C) groups is 1. The van der Waals surface area contributed by atoms with E-state index in [0.717, 1.165) is 24.3 Å². The van der Waals surface area contributed by atoms with Gasteiger partial charge in [0.25, 0.3) is 5.69 Å². The molecule has 1 aliphatic heterocycles. The maximum Gasteiger partial charge on any atom is 0.416 e. The van der Waals surface area contributed by atoms with Gasteiger partial charge in [-0.2, -0.15) is 26.3 Å². The summed E-state index contributed by atoms with van der Waals surface area (Å²) < 4.78 is 85.3. The molecule has 12 heteroatoms. The van der Waals surface area contributed by atoms with Crippen LogP contribution in [0.15, 0.2) is 71.7 Å². The summed E-state index contributed by atoms with van der Waals surface area (Å²) in [4.78, 5) is 15.6. The second-order valence-corrected chi connectivity index (χ2v) is 12.2. The molecule has 206 valence electrons. The number of alkyl halides is 6. The number of nitro groups is 1. The minimum absolute atomic E-state index is 0.139. The molecule has 3 aromatic carbocycles. The van der Waals surface area contributed by atoms with Crippen LogP contribution in [-0.4, -0.2) is 23.5 Å². The molecule has 0 spiro atoms. The van der Waals surface area contributed by atoms with Gasteiger partial charge in [0, 0.05) is 12.1 Å². The fourth-order valence-corrected chi connectivity index (χ4v) is 6.37. The van der Waals surface area contributed by atoms with E-state index in [-0.39, 0.29) is 35.2 Å². The van der Waals surface area contributed by atoms with E-state index in [9.17, 15) is 36.5 Å². The topological polar surface area (TPSA) is 64.7 Å². The Labute approximate surface area is 221 Å². The molecule has 0 bridgehead atoms. The van der Waals surface area contributed by atoms with E-state index in [4.69, 9.17) is 4.74 Å². The Morgan fingerprint density at radius 2 is 1.33 bits per heavy atom. The minimum Gasteiger partial charge on any atom is -0.475 e. The highest BCUT2D eigenvalue weighted by molar-refractivity contribution is 7.80. The lowest BCUT2D eigenvalue weighted by atomic mass is 9.88. The number of non-ortho nitro benzene ring substituents is 1. The molecule has 1 heterocycles. The molecule has 1 atom stereocenters. The normalized spacial score (nSPS) is 16.3. The number of rotatable bonds is 5. The van der Waals surface area contributed by atoms with E-state index in [1.165, 1.54) is 42.5 Å². The second kappa shape index (κ2) is 10.3. The Balaban J connectivity index is 1.93. The molecule has 0 radical (unpaired) electrons. The highest BCUT2D eigenvalue weighted by atomic mass is 31.1. The predicted molar refractivity (Wildman–Crippen MR) is 138 cm³/mol. The Morgan fingerprint density at radius 1 is 0.846 bits per heavy atom. The van der Waals surface area contributed by atoms with Crippen molar-refractivity contribution in [2.24, 2.45) is 10.4 Å². The molecule has 3 aromatic rings. The molecule has 0 N–H and O–H groups in total. The molecular weight excluding hydrogens is 545 g/mol. The summed E-state index contributed by atoms with van der Waals surface area (Å²) in [6.45, 7) is 6.09. The lowest BCUT2D eigenvalue weighted by Gasteiger charge is -2.23. The van der Waals surface area contributed by atoms with Crippen molar-refractivity contribution in [3.05, 3.63) is 93.5 Å². The van der Waals surface area contributed by atoms with Gasteiger partial charge in [0.05, 0.1) is 27.7 Å². The zero-order valence-electron chi connectivity index (χ0n) is 21.0. The first-order chi connectivity index (χ1) is 18.1. The largest absolute Gasteiger partial charge is 0.475 e. The molecule has 0 unspecified atom stereocenters. The van der Waals surface area contributed by atoms with E-state index in [0.29, 0.717) is 15.9 Å². The molecule has 4 rings (SSSR count). The van der Waals surface area contributed by atoms with Crippen LogP contribution in [0.4, 0.5) is 32.0 Å². The van der Waals surface area contributed by atoms with Crippen LogP contribution in [-0.2, 0) is 17.1 Å². The van der Waals surface area contributed by atoms with Crippen LogP contribution >= 0.6 is 7.92 Å². The Bertz CT molecular complexity index is 1340. The summed E-state index contributed by atoms with van der Waals surface area (Å²) >= 11 is 0. The highest BCUT2D eigenvalue weighted by Crippen LogP contribution is 2.39. The average Bonchev–Trinajstić information content (AvgIpc) is 3.35. The SMILES string of the molecule is CC(C)(C)[C@H]1COC(c2cc([N+](=O)[O-])ccc2P(c2ccc(C(F)(F)F)cc2)c2ccc(C(F)(F)F)cc2)=N1. The third-order valence-electron chi connectivity index (χ3n) is 6.22. The summed E-state index contributed by atoms with van der Waals surface area (Å²) in [5.41, 5.74) is -2.03. The molecule has 0 aliphatic carbocycles. The standard InChI is InChI=1S/C27H23F6N2O3P/c1-25(2,3)23-15-38-24(34-23)21-14-18(35(36)37)8-13-22(21)39(19-9-4-16(5-10-19)26(28,29)30)20-11-6-17(7-12-20)27(31,32)33/h4-14,23H,15H2,1-3H3/t23-/m1/s1. The molecule has 0 saturated heterocycles. The summed E-state index contributed by atoms with van der Waals surface area (Å²) in [6.07, 6.45) is -9.16. The Kier molecular flexibility index (Phi) is 7.51. The molecule has 0 aromatic heterocycles. The minimum atomic E-state index is -4.58. The first kappa shape index (κ1) is 28.5. The van der Waals surface area contributed by atoms with E-state index in [1.807, 2.05) is 20.8 Å². The van der Waals surface area contributed by atoms with Gasteiger partial charge in [0.2, 0.25) is 5.90 Å². The summed E-state index contributed by atoms with van der Waals surface area (Å²) in [7, 11) is -1.77. The Morgan fingerprint density at radius 3 is 1.72 bits per heavy atom. The van der Waals surface area contributed by atoms with Crippen molar-refractivity contribution < 1.29 is 36.0 Å². The summed E-state index contributed by atoms with van der Waals surface area (Å²) in [5.74, 6) is 0.139. The number of ether oxygens (including phenoxy) is 1. The van der Waals surface area contributed by atoms with Crippen molar-refractivity contribution in [1.29, 1.82) is 0 Å². The number of benzene rings is 3. The number of hydrogen-bond donors (Lipinski definition) is 0. The zero-order valence-corrected chi connectivity index (χ0v) is 21.9. The first-order valence-electron chi connectivity index (χ1n) is 11.7. The third kappa shape index (κ3) is 6.24. The van der Waals surface area contributed by atoms with Crippen molar-refractivity contribution in [3.8, 4) is 0 Å². The van der Waals surface area contributed by atoms with E-state index in [1.54, 1.807) is 0 Å². The third-order valence-corrected chi connectivity index (χ3v) is 8.72. The number of nitro benzene ring substituents is 1. The molecule has 0 saturated carbocycles. The number of halogens is 6. The Hall–Kier alpha value is -3.46. The van der Waals surface area contributed by atoms with Crippen molar-refractivity contribution in [2.45, 2.75) is 39.2 Å². The quantitative estimate of drug-likeness (QED) is 0.151. The molecule has 1 aliphatic rings. The van der Waals surface area contributed by atoms with Gasteiger partial charge in [0.1, 0.15) is 6.61 Å². The fourth-order valence-electron chi connectivity index (χ4n) is 3.99. The van der Waals surface area contributed by atoms with Gasteiger partial charge in [-0.25, -0.2) is 4.99 Å². The van der Waals surface area contributed by atoms with Gasteiger partial charge in [-0.15, -0.1) is 0 Å². The molecule has 39 heavy (non-hydrogen) atoms. The number of hydrogen-bond acceptors (Lipinski definition) is 4. The summed E-state index contributed by atoms with van der Waals surface area (Å²) in [6, 6.07) is 12.4. The monoisotopic (exact) mass is 568 g/mol. The van der Waals surface area contributed by atoms with Crippen molar-refractivity contribution in [1.82, 2.24) is 0 Å². The number of nitrogens with zero attached hydrogens (tertiary/aromatic N) is 2. The van der Waals surface area contributed by atoms with Crippen LogP contribution in [0.25, 0.3) is 0 Å². The molecule has 0 amide bonds. The second-order valence-electron chi connectivity index (χ2n) is 10.0. The fraction of sp³-hybridized carbons (Fsp3) is 0.296. The van der Waals surface area contributed by atoms with E-state index in [2.05, 4.69) is 4.99 Å². The van der Waals surface area contributed by atoms with Crippen molar-refractivity contribution >= 4 is 35.4 Å². The van der Waals surface area contributed by atoms with Crippen LogP contribution in [0.3, 0.4) is 0 Å². The van der Waals surface area contributed by atoms with Gasteiger partial charge in [-0.05, 0) is 59.6 Å².